The van der Waals surface area contributed by atoms with Crippen LogP contribution in [-0.2, 0) is 14.3 Å². The molecule has 2 aromatic rings. The van der Waals surface area contributed by atoms with Crippen molar-refractivity contribution >= 4 is 18.0 Å². The van der Waals surface area contributed by atoms with Crippen LogP contribution in [-0.4, -0.2) is 60.0 Å². The summed E-state index contributed by atoms with van der Waals surface area (Å²) >= 11 is 0. The molecule has 0 saturated heterocycles. The van der Waals surface area contributed by atoms with E-state index >= 15 is 0 Å². The van der Waals surface area contributed by atoms with E-state index in [1.807, 2.05) is 48.5 Å². The molecule has 1 aliphatic carbocycles. The van der Waals surface area contributed by atoms with Crippen LogP contribution in [0.25, 0.3) is 11.1 Å². The topological polar surface area (TPSA) is 151 Å². The Morgan fingerprint density at radius 1 is 0.939 bits per heavy atom. The number of carbonyl (C=O) groups is 3. The highest BCUT2D eigenvalue weighted by Crippen LogP contribution is 2.44. The Hall–Kier alpha value is -3.43. The highest BCUT2D eigenvalue weighted by molar-refractivity contribution is 5.89. The molecule has 2 amide bonds. The molecule has 0 spiro atoms. The van der Waals surface area contributed by atoms with Gasteiger partial charge in [0.15, 0.2) is 0 Å². The number of nitrogens with two attached hydrogens (primary N) is 1. The summed E-state index contributed by atoms with van der Waals surface area (Å²) < 4.78 is 5.48. The summed E-state index contributed by atoms with van der Waals surface area (Å²) in [5, 5.41) is 23.0. The number of aliphatic hydroxyl groups excluding tert-OH is 1. The summed E-state index contributed by atoms with van der Waals surface area (Å²) in [5.41, 5.74) is 9.84. The van der Waals surface area contributed by atoms with E-state index in [1.54, 1.807) is 0 Å². The summed E-state index contributed by atoms with van der Waals surface area (Å²) in [6.07, 6.45) is 0.666. The summed E-state index contributed by atoms with van der Waals surface area (Å²) in [7, 11) is 0. The molecule has 0 unspecified atom stereocenters. The number of carboxylic acid groups (broad SMARTS) is 1. The van der Waals surface area contributed by atoms with Crippen LogP contribution in [0.3, 0.4) is 0 Å². The van der Waals surface area contributed by atoms with Gasteiger partial charge in [0.2, 0.25) is 5.91 Å². The van der Waals surface area contributed by atoms with E-state index < -0.39 is 36.7 Å². The second-order valence-electron chi connectivity index (χ2n) is 7.89. The molecule has 9 nitrogen and oxygen atoms in total. The fourth-order valence-electron chi connectivity index (χ4n) is 4.00. The molecule has 6 N–H and O–H groups in total. The van der Waals surface area contributed by atoms with Gasteiger partial charge < -0.3 is 31.3 Å². The normalized spacial score (nSPS) is 14.0. The molecule has 0 aliphatic heterocycles. The molecule has 2 aromatic carbocycles. The van der Waals surface area contributed by atoms with Gasteiger partial charge in [0.25, 0.3) is 0 Å². The summed E-state index contributed by atoms with van der Waals surface area (Å²) in [5.74, 6) is -2.20. The summed E-state index contributed by atoms with van der Waals surface area (Å²) in [6.45, 7) is -0.249. The monoisotopic (exact) mass is 455 g/mol. The Morgan fingerprint density at radius 3 is 2.09 bits per heavy atom. The molecule has 0 radical (unpaired) electrons. The van der Waals surface area contributed by atoms with Crippen molar-refractivity contribution in [2.75, 3.05) is 19.8 Å². The van der Waals surface area contributed by atoms with Crippen LogP contribution in [0, 0.1) is 0 Å². The van der Waals surface area contributed by atoms with Gasteiger partial charge in [-0.3, -0.25) is 4.79 Å². The maximum atomic E-state index is 12.6. The number of ether oxygens (including phenoxy) is 1. The average Bonchev–Trinajstić information content (AvgIpc) is 3.14. The van der Waals surface area contributed by atoms with E-state index in [-0.39, 0.29) is 18.9 Å². The lowest BCUT2D eigenvalue weighted by Crippen LogP contribution is -2.52. The van der Waals surface area contributed by atoms with Gasteiger partial charge >= 0.3 is 12.1 Å². The zero-order valence-electron chi connectivity index (χ0n) is 18.2. The van der Waals surface area contributed by atoms with Gasteiger partial charge in [-0.2, -0.15) is 0 Å². The first-order valence-corrected chi connectivity index (χ1v) is 10.9. The quantitative estimate of drug-likeness (QED) is 0.323. The minimum Gasteiger partial charge on any atom is -0.480 e. The molecule has 176 valence electrons. The lowest BCUT2D eigenvalue weighted by atomic mass is 9.98. The van der Waals surface area contributed by atoms with Crippen molar-refractivity contribution in [3.8, 4) is 11.1 Å². The molecule has 0 heterocycles. The highest BCUT2D eigenvalue weighted by atomic mass is 16.5. The lowest BCUT2D eigenvalue weighted by molar-refractivity contribution is -0.143. The van der Waals surface area contributed by atoms with Crippen molar-refractivity contribution in [3.05, 3.63) is 59.7 Å². The van der Waals surface area contributed by atoms with Crippen LogP contribution in [0.15, 0.2) is 48.5 Å². The van der Waals surface area contributed by atoms with Gasteiger partial charge in [0.05, 0.1) is 6.61 Å². The Balaban J connectivity index is 1.65. The molecular formula is C24H29N3O6. The maximum absolute atomic E-state index is 12.6. The number of unbranched alkanes of at least 4 members (excludes halogenated alkanes) is 1. The standard InChI is InChI=1S/C24H29N3O6/c25-12-6-5-11-20(22(29)26-21(13-28)23(30)31)27-24(32)33-14-19-17-9-3-1-7-15(17)16-8-2-4-10-18(16)19/h1-4,7-10,19-21,28H,5-6,11-14,25H2,(H,26,29)(H,27,32)(H,30,31)/t20-,21-/m0/s1. The number of hydrogen-bond donors (Lipinski definition) is 5. The second kappa shape index (κ2) is 11.4. The Kier molecular flexibility index (Phi) is 8.39. The van der Waals surface area contributed by atoms with Crippen LogP contribution < -0.4 is 16.4 Å². The van der Waals surface area contributed by atoms with Crippen molar-refractivity contribution in [3.63, 3.8) is 0 Å². The first kappa shape index (κ1) is 24.2. The molecule has 0 fully saturated rings. The fourth-order valence-corrected chi connectivity index (χ4v) is 4.00. The van der Waals surface area contributed by atoms with Gasteiger partial charge in [0, 0.05) is 5.92 Å². The van der Waals surface area contributed by atoms with E-state index in [1.165, 1.54) is 0 Å². The van der Waals surface area contributed by atoms with Crippen molar-refractivity contribution in [1.29, 1.82) is 0 Å². The zero-order chi connectivity index (χ0) is 23.8. The van der Waals surface area contributed by atoms with Crippen LogP contribution in [0.5, 0.6) is 0 Å². The van der Waals surface area contributed by atoms with E-state index in [4.69, 9.17) is 20.7 Å². The number of nitrogens with one attached hydrogen (secondary N) is 2. The fraction of sp³-hybridized carbons (Fsp3) is 0.375. The number of alkyl carbamates (subject to hydrolysis) is 1. The zero-order valence-corrected chi connectivity index (χ0v) is 18.2. The van der Waals surface area contributed by atoms with Gasteiger partial charge in [-0.15, -0.1) is 0 Å². The molecule has 3 rings (SSSR count). The predicted octanol–water partition coefficient (Wildman–Crippen LogP) is 1.58. The third-order valence-corrected chi connectivity index (χ3v) is 5.70. The van der Waals surface area contributed by atoms with Crippen molar-refractivity contribution in [1.82, 2.24) is 10.6 Å². The number of carbonyl (C=O) groups excluding carboxylic acids is 2. The van der Waals surface area contributed by atoms with Crippen LogP contribution in [0.4, 0.5) is 4.79 Å². The number of rotatable bonds is 11. The van der Waals surface area contributed by atoms with E-state index in [0.717, 1.165) is 22.3 Å². The average molecular weight is 456 g/mol. The SMILES string of the molecule is NCCCC[C@H](NC(=O)OCC1c2ccccc2-c2ccccc21)C(=O)N[C@@H](CO)C(=O)O. The summed E-state index contributed by atoms with van der Waals surface area (Å²) in [4.78, 5) is 36.2. The van der Waals surface area contributed by atoms with Gasteiger partial charge in [-0.05, 0) is 48.1 Å². The van der Waals surface area contributed by atoms with E-state index in [9.17, 15) is 14.4 Å². The minimum atomic E-state index is -1.46. The largest absolute Gasteiger partial charge is 0.480 e. The number of aliphatic carboxylic acids is 1. The number of fused-ring (bicyclic) bond motifs is 3. The molecule has 0 bridgehead atoms. The third kappa shape index (κ3) is 5.88. The molecular weight excluding hydrogens is 426 g/mol. The van der Waals surface area contributed by atoms with Gasteiger partial charge in [-0.25, -0.2) is 9.59 Å². The minimum absolute atomic E-state index is 0.0887. The molecule has 2 atom stereocenters. The Bertz CT molecular complexity index is 950. The van der Waals surface area contributed by atoms with E-state index in [0.29, 0.717) is 19.4 Å². The van der Waals surface area contributed by atoms with Crippen LogP contribution in [0.2, 0.25) is 0 Å². The number of hydrogen-bond acceptors (Lipinski definition) is 6. The smallest absolute Gasteiger partial charge is 0.407 e. The van der Waals surface area contributed by atoms with Crippen LogP contribution >= 0.6 is 0 Å². The third-order valence-electron chi connectivity index (χ3n) is 5.70. The summed E-state index contributed by atoms with van der Waals surface area (Å²) in [6, 6.07) is 13.4. The predicted molar refractivity (Wildman–Crippen MR) is 122 cm³/mol. The number of carboxylic acids is 1. The van der Waals surface area contributed by atoms with Gasteiger partial charge in [0.1, 0.15) is 18.7 Å². The number of amides is 2. The first-order chi connectivity index (χ1) is 16.0. The van der Waals surface area contributed by atoms with Gasteiger partial charge in [-0.1, -0.05) is 48.5 Å². The number of aliphatic hydroxyl groups is 1. The molecule has 0 aromatic heterocycles. The lowest BCUT2D eigenvalue weighted by Gasteiger charge is -2.21. The van der Waals surface area contributed by atoms with Crippen molar-refractivity contribution in [2.24, 2.45) is 5.73 Å². The maximum Gasteiger partial charge on any atom is 0.407 e. The highest BCUT2D eigenvalue weighted by Gasteiger charge is 2.30. The molecule has 1 aliphatic rings. The molecule has 33 heavy (non-hydrogen) atoms. The Morgan fingerprint density at radius 2 is 1.55 bits per heavy atom. The first-order valence-electron chi connectivity index (χ1n) is 10.9. The number of benzene rings is 2. The van der Waals surface area contributed by atoms with Crippen molar-refractivity contribution < 1.29 is 29.3 Å². The Labute approximate surface area is 191 Å². The van der Waals surface area contributed by atoms with E-state index in [2.05, 4.69) is 10.6 Å². The molecule has 0 saturated carbocycles. The molecule has 9 heteroatoms. The van der Waals surface area contributed by atoms with Crippen LogP contribution in [0.1, 0.15) is 36.3 Å². The van der Waals surface area contributed by atoms with Crippen molar-refractivity contribution in [2.45, 2.75) is 37.3 Å². The second-order valence-corrected chi connectivity index (χ2v) is 7.89.